The van der Waals surface area contributed by atoms with Gasteiger partial charge in [0.15, 0.2) is 0 Å². The van der Waals surface area contributed by atoms with Crippen LogP contribution in [0.1, 0.15) is 39.7 Å². The number of carbonyl (C=O) groups is 2. The molecule has 0 aliphatic carbocycles. The van der Waals surface area contributed by atoms with E-state index in [0.717, 1.165) is 18.5 Å². The third-order valence-corrected chi connectivity index (χ3v) is 5.07. The Labute approximate surface area is 144 Å². The monoisotopic (exact) mass is 329 g/mol. The summed E-state index contributed by atoms with van der Waals surface area (Å²) in [5, 5.41) is 3.04. The summed E-state index contributed by atoms with van der Waals surface area (Å²) in [5.41, 5.74) is 1.79. The lowest BCUT2D eigenvalue weighted by Gasteiger charge is -2.50. The highest BCUT2D eigenvalue weighted by atomic mass is 16.2. The molecule has 0 saturated carbocycles. The molecule has 0 spiro atoms. The van der Waals surface area contributed by atoms with Crippen LogP contribution in [0.5, 0.6) is 0 Å². The summed E-state index contributed by atoms with van der Waals surface area (Å²) in [5.74, 6) is 0.109. The largest absolute Gasteiger partial charge is 0.333 e. The van der Waals surface area contributed by atoms with Gasteiger partial charge in [0.1, 0.15) is 0 Å². The van der Waals surface area contributed by atoms with Crippen LogP contribution in [0, 0.1) is 0 Å². The second-order valence-electron chi connectivity index (χ2n) is 7.78. The van der Waals surface area contributed by atoms with Gasteiger partial charge in [-0.15, -0.1) is 0 Å². The molecule has 5 heteroatoms. The van der Waals surface area contributed by atoms with Crippen molar-refractivity contribution in [1.82, 2.24) is 9.80 Å². The van der Waals surface area contributed by atoms with E-state index in [1.807, 2.05) is 36.9 Å². The van der Waals surface area contributed by atoms with Gasteiger partial charge in [0.25, 0.3) is 0 Å². The molecule has 3 rings (SSSR count). The van der Waals surface area contributed by atoms with Crippen LogP contribution in [0.15, 0.2) is 24.3 Å². The van der Waals surface area contributed by atoms with Crippen molar-refractivity contribution in [3.63, 3.8) is 0 Å². The van der Waals surface area contributed by atoms with Gasteiger partial charge in [-0.25, -0.2) is 0 Å². The number of piperazine rings is 1. The molecule has 2 heterocycles. The maximum absolute atomic E-state index is 12.7. The first kappa shape index (κ1) is 17.0. The number of nitrogens with one attached hydrogen (secondary N) is 1. The van der Waals surface area contributed by atoms with Gasteiger partial charge in [-0.05, 0) is 52.2 Å². The lowest BCUT2D eigenvalue weighted by atomic mass is 9.94. The van der Waals surface area contributed by atoms with Gasteiger partial charge >= 0.3 is 0 Å². The van der Waals surface area contributed by atoms with Crippen LogP contribution in [-0.4, -0.2) is 52.3 Å². The van der Waals surface area contributed by atoms with Gasteiger partial charge in [-0.1, -0.05) is 18.2 Å². The fourth-order valence-corrected chi connectivity index (χ4v) is 4.27. The first-order valence-electron chi connectivity index (χ1n) is 8.74. The second kappa shape index (κ2) is 6.20. The zero-order chi connectivity index (χ0) is 17.5. The van der Waals surface area contributed by atoms with Crippen molar-refractivity contribution in [3.05, 3.63) is 29.8 Å². The summed E-state index contributed by atoms with van der Waals surface area (Å²) in [6, 6.07) is 7.86. The number of amides is 2. The average Bonchev–Trinajstić information content (AvgIpc) is 2.63. The van der Waals surface area contributed by atoms with Crippen molar-refractivity contribution in [2.24, 2.45) is 0 Å². The molecule has 1 unspecified atom stereocenters. The summed E-state index contributed by atoms with van der Waals surface area (Å²) in [6.07, 6.45) is 1.59. The number of carbonyl (C=O) groups excluding carboxylic acids is 2. The molecule has 1 saturated heterocycles. The van der Waals surface area contributed by atoms with E-state index in [-0.39, 0.29) is 29.4 Å². The topological polar surface area (TPSA) is 52.7 Å². The second-order valence-corrected chi connectivity index (χ2v) is 7.78. The van der Waals surface area contributed by atoms with Crippen LogP contribution in [0.25, 0.3) is 0 Å². The van der Waals surface area contributed by atoms with Gasteiger partial charge in [0.05, 0.1) is 18.1 Å². The van der Waals surface area contributed by atoms with Crippen molar-refractivity contribution in [1.29, 1.82) is 0 Å². The maximum Gasteiger partial charge on any atom is 0.241 e. The normalized spacial score (nSPS) is 24.5. The highest BCUT2D eigenvalue weighted by Gasteiger charge is 2.43. The summed E-state index contributed by atoms with van der Waals surface area (Å²) in [7, 11) is 0. The van der Waals surface area contributed by atoms with Gasteiger partial charge in [-0.2, -0.15) is 0 Å². The zero-order valence-corrected chi connectivity index (χ0v) is 15.0. The van der Waals surface area contributed by atoms with Crippen LogP contribution >= 0.6 is 0 Å². The summed E-state index contributed by atoms with van der Waals surface area (Å²) >= 11 is 0. The Hall–Kier alpha value is -1.88. The van der Waals surface area contributed by atoms with Gasteiger partial charge < -0.3 is 10.2 Å². The molecule has 1 atom stereocenters. The maximum atomic E-state index is 12.7. The molecule has 0 radical (unpaired) electrons. The molecular formula is C19H27N3O2. The number of nitrogens with zero attached hydrogens (tertiary/aromatic N) is 2. The first-order valence-corrected chi connectivity index (χ1v) is 8.74. The van der Waals surface area contributed by atoms with E-state index < -0.39 is 0 Å². The standard InChI is InChI=1S/C19H27N3O2/c1-13(2)22-17(23)11-21(12-19(22,3)4)16-10-9-14-7-5-6-8-15(14)20-18(16)24/h5-8,13,16H,9-12H2,1-4H3,(H,20,24). The number of benzene rings is 1. The minimum absolute atomic E-state index is 0.00143. The number of fused-ring (bicyclic) bond motifs is 1. The third-order valence-electron chi connectivity index (χ3n) is 5.07. The SMILES string of the molecule is CC(C)N1C(=O)CN(C2CCc3ccccc3NC2=O)CC1(C)C. The number of para-hydroxylation sites is 1. The van der Waals surface area contributed by atoms with E-state index in [1.54, 1.807) is 0 Å². The fraction of sp³-hybridized carbons (Fsp3) is 0.579. The smallest absolute Gasteiger partial charge is 0.241 e. The van der Waals surface area contributed by atoms with E-state index in [0.29, 0.717) is 13.1 Å². The zero-order valence-electron chi connectivity index (χ0n) is 15.0. The number of anilines is 1. The van der Waals surface area contributed by atoms with Crippen LogP contribution < -0.4 is 5.32 Å². The Morgan fingerprint density at radius 3 is 2.58 bits per heavy atom. The summed E-state index contributed by atoms with van der Waals surface area (Å²) < 4.78 is 0. The van der Waals surface area contributed by atoms with Crippen molar-refractivity contribution < 1.29 is 9.59 Å². The predicted molar refractivity (Wildman–Crippen MR) is 94.8 cm³/mol. The van der Waals surface area contributed by atoms with Crippen molar-refractivity contribution >= 4 is 17.5 Å². The average molecular weight is 329 g/mol. The Morgan fingerprint density at radius 2 is 1.92 bits per heavy atom. The Balaban J connectivity index is 1.80. The lowest BCUT2D eigenvalue weighted by molar-refractivity contribution is -0.150. The molecule has 2 aliphatic heterocycles. The number of hydrogen-bond acceptors (Lipinski definition) is 3. The van der Waals surface area contributed by atoms with E-state index in [1.165, 1.54) is 5.56 Å². The molecule has 1 N–H and O–H groups in total. The molecule has 2 aliphatic rings. The van der Waals surface area contributed by atoms with Crippen LogP contribution in [0.2, 0.25) is 0 Å². The molecule has 1 fully saturated rings. The number of hydrogen-bond donors (Lipinski definition) is 1. The Kier molecular flexibility index (Phi) is 4.38. The lowest BCUT2D eigenvalue weighted by Crippen LogP contribution is -2.66. The Bertz CT molecular complexity index is 654. The number of aryl methyl sites for hydroxylation is 1. The summed E-state index contributed by atoms with van der Waals surface area (Å²) in [6.45, 7) is 9.29. The molecular weight excluding hydrogens is 302 g/mol. The van der Waals surface area contributed by atoms with Crippen LogP contribution in [-0.2, 0) is 16.0 Å². The van der Waals surface area contributed by atoms with E-state index in [4.69, 9.17) is 0 Å². The third kappa shape index (κ3) is 3.05. The summed E-state index contributed by atoms with van der Waals surface area (Å²) in [4.78, 5) is 29.4. The van der Waals surface area contributed by atoms with E-state index in [2.05, 4.69) is 30.1 Å². The van der Waals surface area contributed by atoms with E-state index in [9.17, 15) is 9.59 Å². The molecule has 24 heavy (non-hydrogen) atoms. The molecule has 0 bridgehead atoms. The van der Waals surface area contributed by atoms with Crippen molar-refractivity contribution in [2.45, 2.75) is 58.2 Å². The van der Waals surface area contributed by atoms with Crippen molar-refractivity contribution in [2.75, 3.05) is 18.4 Å². The Morgan fingerprint density at radius 1 is 1.21 bits per heavy atom. The molecule has 130 valence electrons. The van der Waals surface area contributed by atoms with Gasteiger partial charge in [0, 0.05) is 18.3 Å². The first-order chi connectivity index (χ1) is 11.3. The fourth-order valence-electron chi connectivity index (χ4n) is 4.27. The minimum atomic E-state index is -0.275. The molecule has 0 aromatic heterocycles. The molecule has 5 nitrogen and oxygen atoms in total. The molecule has 1 aromatic carbocycles. The van der Waals surface area contributed by atoms with Gasteiger partial charge in [-0.3, -0.25) is 14.5 Å². The van der Waals surface area contributed by atoms with Crippen molar-refractivity contribution in [3.8, 4) is 0 Å². The molecule has 1 aromatic rings. The highest BCUT2D eigenvalue weighted by Crippen LogP contribution is 2.29. The highest BCUT2D eigenvalue weighted by molar-refractivity contribution is 5.96. The number of rotatable bonds is 2. The minimum Gasteiger partial charge on any atom is -0.333 e. The van der Waals surface area contributed by atoms with Gasteiger partial charge in [0.2, 0.25) is 11.8 Å². The predicted octanol–water partition coefficient (Wildman–Crippen LogP) is 2.27. The van der Waals surface area contributed by atoms with Crippen LogP contribution in [0.3, 0.4) is 0 Å². The van der Waals surface area contributed by atoms with E-state index >= 15 is 0 Å². The van der Waals surface area contributed by atoms with Crippen LogP contribution in [0.4, 0.5) is 5.69 Å². The quantitative estimate of drug-likeness (QED) is 0.905. The molecule has 2 amide bonds.